The van der Waals surface area contributed by atoms with Crippen molar-refractivity contribution in [3.63, 3.8) is 0 Å². The topological polar surface area (TPSA) is 95.1 Å². The highest BCUT2D eigenvalue weighted by Gasteiger charge is 2.18. The molecule has 1 aromatic heterocycles. The van der Waals surface area contributed by atoms with Gasteiger partial charge in [-0.3, -0.25) is 4.79 Å². The molecule has 0 aliphatic carbocycles. The van der Waals surface area contributed by atoms with Crippen molar-refractivity contribution in [2.75, 3.05) is 13.0 Å². The van der Waals surface area contributed by atoms with E-state index in [1.807, 2.05) is 24.3 Å². The Morgan fingerprint density at radius 2 is 2.09 bits per heavy atom. The molecule has 0 unspecified atom stereocenters. The van der Waals surface area contributed by atoms with Crippen LogP contribution in [0.3, 0.4) is 0 Å². The van der Waals surface area contributed by atoms with E-state index in [1.54, 1.807) is 21.0 Å². The zero-order valence-electron chi connectivity index (χ0n) is 12.7. The Balaban J connectivity index is 1.87. The minimum atomic E-state index is -0.316. The number of carbonyl (C=O) groups is 1. The van der Waals surface area contributed by atoms with Crippen LogP contribution in [0.1, 0.15) is 18.3 Å². The first-order valence-corrected chi connectivity index (χ1v) is 7.63. The van der Waals surface area contributed by atoms with Gasteiger partial charge in [-0.2, -0.15) is 0 Å². The summed E-state index contributed by atoms with van der Waals surface area (Å²) >= 11 is 1.27. The number of nitrogen functional groups attached to an aromatic ring is 1. The maximum absolute atomic E-state index is 12.1. The van der Waals surface area contributed by atoms with E-state index in [9.17, 15) is 4.79 Å². The number of nitrogens with two attached hydrogens (primary N) is 1. The molecular formula is C14H19N5O2S. The fourth-order valence-corrected chi connectivity index (χ4v) is 2.56. The minimum Gasteiger partial charge on any atom is -0.497 e. The highest BCUT2D eigenvalue weighted by atomic mass is 32.2. The number of hydrogen-bond acceptors (Lipinski definition) is 6. The van der Waals surface area contributed by atoms with Gasteiger partial charge in [-0.25, -0.2) is 4.68 Å². The highest BCUT2D eigenvalue weighted by molar-refractivity contribution is 8.00. The Kier molecular flexibility index (Phi) is 5.26. The Morgan fingerprint density at radius 1 is 1.41 bits per heavy atom. The fraction of sp³-hybridized carbons (Fsp3) is 0.357. The molecule has 0 radical (unpaired) electrons. The molecule has 0 fully saturated rings. The summed E-state index contributed by atoms with van der Waals surface area (Å²) in [5.41, 5.74) is 1.00. The summed E-state index contributed by atoms with van der Waals surface area (Å²) in [6, 6.07) is 7.55. The number of benzene rings is 1. The van der Waals surface area contributed by atoms with E-state index in [-0.39, 0.29) is 11.2 Å². The average Bonchev–Trinajstić information content (AvgIpc) is 2.85. The Hall–Kier alpha value is -2.22. The number of carbonyl (C=O) groups excluding carboxylic acids is 1. The minimum absolute atomic E-state index is 0.0820. The molecule has 22 heavy (non-hydrogen) atoms. The van der Waals surface area contributed by atoms with Crippen molar-refractivity contribution in [3.8, 4) is 5.75 Å². The quantitative estimate of drug-likeness (QED) is 0.611. The predicted molar refractivity (Wildman–Crippen MR) is 85.1 cm³/mol. The van der Waals surface area contributed by atoms with Gasteiger partial charge in [0.15, 0.2) is 0 Å². The van der Waals surface area contributed by atoms with Gasteiger partial charge in [0.2, 0.25) is 11.1 Å². The SMILES string of the molecule is COc1ccc(CNC(=O)[C@H](C)Sc2nnc(C)n2N)cc1. The van der Waals surface area contributed by atoms with Crippen LogP contribution in [0.5, 0.6) is 5.75 Å². The zero-order valence-corrected chi connectivity index (χ0v) is 13.6. The van der Waals surface area contributed by atoms with E-state index in [0.29, 0.717) is 17.5 Å². The molecule has 0 saturated heterocycles. The molecule has 0 aliphatic rings. The number of aryl methyl sites for hydroxylation is 1. The van der Waals surface area contributed by atoms with Crippen molar-refractivity contribution < 1.29 is 9.53 Å². The summed E-state index contributed by atoms with van der Waals surface area (Å²) in [6.07, 6.45) is 0. The van der Waals surface area contributed by atoms with E-state index in [1.165, 1.54) is 16.4 Å². The van der Waals surface area contributed by atoms with Gasteiger partial charge in [0.25, 0.3) is 0 Å². The van der Waals surface area contributed by atoms with E-state index in [0.717, 1.165) is 11.3 Å². The number of aromatic nitrogens is 3. The number of ether oxygens (including phenoxy) is 1. The van der Waals surface area contributed by atoms with Gasteiger partial charge in [-0.15, -0.1) is 10.2 Å². The maximum atomic E-state index is 12.1. The Labute approximate surface area is 133 Å². The van der Waals surface area contributed by atoms with Crippen LogP contribution in [0.15, 0.2) is 29.4 Å². The standard InChI is InChI=1S/C14H19N5O2S/c1-9(22-14-18-17-10(2)19(14)15)13(20)16-8-11-4-6-12(21-3)7-5-11/h4-7,9H,8,15H2,1-3H3,(H,16,20)/t9-/m0/s1. The van der Waals surface area contributed by atoms with Crippen LogP contribution in [-0.2, 0) is 11.3 Å². The third kappa shape index (κ3) is 3.91. The van der Waals surface area contributed by atoms with Crippen LogP contribution in [0.25, 0.3) is 0 Å². The lowest BCUT2D eigenvalue weighted by Gasteiger charge is -2.11. The normalized spacial score (nSPS) is 12.0. The number of nitrogens with one attached hydrogen (secondary N) is 1. The van der Waals surface area contributed by atoms with Crippen molar-refractivity contribution in [1.29, 1.82) is 0 Å². The zero-order chi connectivity index (χ0) is 16.1. The van der Waals surface area contributed by atoms with E-state index in [4.69, 9.17) is 10.6 Å². The Bertz CT molecular complexity index is 641. The van der Waals surface area contributed by atoms with Crippen molar-refractivity contribution in [1.82, 2.24) is 20.2 Å². The van der Waals surface area contributed by atoms with Gasteiger partial charge < -0.3 is 15.9 Å². The van der Waals surface area contributed by atoms with Crippen molar-refractivity contribution in [2.45, 2.75) is 30.8 Å². The number of nitrogens with zero attached hydrogens (tertiary/aromatic N) is 3. The molecule has 0 bridgehead atoms. The molecule has 0 aliphatic heterocycles. The first-order valence-electron chi connectivity index (χ1n) is 6.75. The molecule has 1 aromatic carbocycles. The lowest BCUT2D eigenvalue weighted by Crippen LogP contribution is -2.30. The first kappa shape index (κ1) is 16.2. The van der Waals surface area contributed by atoms with Crippen LogP contribution >= 0.6 is 11.8 Å². The third-order valence-electron chi connectivity index (χ3n) is 3.11. The fourth-order valence-electron chi connectivity index (χ4n) is 1.72. The predicted octanol–water partition coefficient (Wildman–Crippen LogP) is 1.11. The summed E-state index contributed by atoms with van der Waals surface area (Å²) in [5.74, 6) is 7.08. The lowest BCUT2D eigenvalue weighted by molar-refractivity contribution is -0.120. The molecule has 7 nitrogen and oxygen atoms in total. The van der Waals surface area contributed by atoms with Crippen LogP contribution in [0.2, 0.25) is 0 Å². The van der Waals surface area contributed by atoms with Crippen LogP contribution in [-0.4, -0.2) is 33.1 Å². The van der Waals surface area contributed by atoms with Crippen molar-refractivity contribution in [3.05, 3.63) is 35.7 Å². The molecule has 2 rings (SSSR count). The van der Waals surface area contributed by atoms with Crippen molar-refractivity contribution in [2.24, 2.45) is 0 Å². The molecule has 118 valence electrons. The summed E-state index contributed by atoms with van der Waals surface area (Å²) in [7, 11) is 1.62. The van der Waals surface area contributed by atoms with Crippen LogP contribution < -0.4 is 15.9 Å². The number of amides is 1. The second kappa shape index (κ2) is 7.17. The first-order chi connectivity index (χ1) is 10.5. The van der Waals surface area contributed by atoms with Gasteiger partial charge in [0.1, 0.15) is 11.6 Å². The van der Waals surface area contributed by atoms with Gasteiger partial charge in [0.05, 0.1) is 12.4 Å². The van der Waals surface area contributed by atoms with Gasteiger partial charge in [0, 0.05) is 6.54 Å². The lowest BCUT2D eigenvalue weighted by atomic mass is 10.2. The highest BCUT2D eigenvalue weighted by Crippen LogP contribution is 2.20. The van der Waals surface area contributed by atoms with E-state index < -0.39 is 0 Å². The molecule has 0 saturated carbocycles. The van der Waals surface area contributed by atoms with Gasteiger partial charge >= 0.3 is 0 Å². The summed E-state index contributed by atoms with van der Waals surface area (Å²) < 4.78 is 6.47. The van der Waals surface area contributed by atoms with Crippen molar-refractivity contribution >= 4 is 17.7 Å². The molecule has 1 heterocycles. The number of methoxy groups -OCH3 is 1. The second-order valence-corrected chi connectivity index (χ2v) is 6.03. The van der Waals surface area contributed by atoms with Crippen LogP contribution in [0.4, 0.5) is 0 Å². The third-order valence-corrected chi connectivity index (χ3v) is 4.17. The van der Waals surface area contributed by atoms with E-state index in [2.05, 4.69) is 15.5 Å². The molecule has 1 amide bonds. The van der Waals surface area contributed by atoms with Crippen LogP contribution in [0, 0.1) is 6.92 Å². The van der Waals surface area contributed by atoms with Gasteiger partial charge in [-0.1, -0.05) is 23.9 Å². The summed E-state index contributed by atoms with van der Waals surface area (Å²) in [6.45, 7) is 4.02. The van der Waals surface area contributed by atoms with E-state index >= 15 is 0 Å². The summed E-state index contributed by atoms with van der Waals surface area (Å²) in [5, 5.41) is 10.9. The smallest absolute Gasteiger partial charge is 0.233 e. The molecule has 8 heteroatoms. The monoisotopic (exact) mass is 321 g/mol. The molecule has 0 spiro atoms. The molecule has 1 atom stereocenters. The average molecular weight is 321 g/mol. The number of hydrogen-bond donors (Lipinski definition) is 2. The second-order valence-electron chi connectivity index (χ2n) is 4.73. The summed E-state index contributed by atoms with van der Waals surface area (Å²) in [4.78, 5) is 12.1. The maximum Gasteiger partial charge on any atom is 0.233 e. The Morgan fingerprint density at radius 3 is 2.64 bits per heavy atom. The molecule has 2 aromatic rings. The molecule has 3 N–H and O–H groups in total. The van der Waals surface area contributed by atoms with Gasteiger partial charge in [-0.05, 0) is 31.5 Å². The number of thioether (sulfide) groups is 1. The largest absolute Gasteiger partial charge is 0.497 e. The molecular weight excluding hydrogens is 302 g/mol. The number of rotatable bonds is 6.